The third-order valence-electron chi connectivity index (χ3n) is 4.25. The fraction of sp³-hybridized carbons (Fsp3) is 0.625. The highest BCUT2D eigenvalue weighted by molar-refractivity contribution is 5.31. The number of likely N-dealkylation sites (tertiary alicyclic amines) is 1. The Bertz CT molecular complexity index is 380. The number of rotatable bonds is 4. The number of nitrogens with zero attached hydrogens (tertiary/aromatic N) is 1. The average Bonchev–Trinajstić information content (AvgIpc) is 2.68. The van der Waals surface area contributed by atoms with E-state index in [1.165, 1.54) is 31.4 Å². The Morgan fingerprint density at radius 3 is 2.89 bits per heavy atom. The van der Waals surface area contributed by atoms with Crippen molar-refractivity contribution in [3.8, 4) is 5.75 Å². The molecule has 2 rings (SSSR count). The zero-order valence-electron chi connectivity index (χ0n) is 12.1. The summed E-state index contributed by atoms with van der Waals surface area (Å²) in [6.45, 7) is 5.26. The Labute approximate surface area is 116 Å². The lowest BCUT2D eigenvalue weighted by molar-refractivity contribution is 0.166. The van der Waals surface area contributed by atoms with Crippen LogP contribution in [0.25, 0.3) is 0 Å². The zero-order valence-corrected chi connectivity index (χ0v) is 12.1. The topological polar surface area (TPSA) is 38.5 Å². The third-order valence-corrected chi connectivity index (χ3v) is 4.25. The van der Waals surface area contributed by atoms with Crippen LogP contribution >= 0.6 is 0 Å². The van der Waals surface area contributed by atoms with Gasteiger partial charge >= 0.3 is 0 Å². The average molecular weight is 262 g/mol. The molecule has 0 radical (unpaired) electrons. The summed E-state index contributed by atoms with van der Waals surface area (Å²) in [5, 5.41) is 0. The van der Waals surface area contributed by atoms with E-state index in [2.05, 4.69) is 30.0 Å². The van der Waals surface area contributed by atoms with E-state index in [0.29, 0.717) is 12.0 Å². The third kappa shape index (κ3) is 3.28. The quantitative estimate of drug-likeness (QED) is 0.907. The first-order valence-corrected chi connectivity index (χ1v) is 7.38. The van der Waals surface area contributed by atoms with Gasteiger partial charge in [0, 0.05) is 6.04 Å². The van der Waals surface area contributed by atoms with Crippen molar-refractivity contribution in [2.75, 3.05) is 26.7 Å². The van der Waals surface area contributed by atoms with Crippen molar-refractivity contribution in [3.05, 3.63) is 29.8 Å². The second-order valence-electron chi connectivity index (χ2n) is 5.34. The molecule has 0 bridgehead atoms. The molecular formula is C16H26N2O. The molecule has 0 saturated carbocycles. The second kappa shape index (κ2) is 6.92. The van der Waals surface area contributed by atoms with Gasteiger partial charge in [0.2, 0.25) is 0 Å². The fourth-order valence-electron chi connectivity index (χ4n) is 3.23. The highest BCUT2D eigenvalue weighted by Crippen LogP contribution is 2.35. The smallest absolute Gasteiger partial charge is 0.119 e. The van der Waals surface area contributed by atoms with Gasteiger partial charge in [-0.2, -0.15) is 0 Å². The van der Waals surface area contributed by atoms with Crippen LogP contribution in [0.15, 0.2) is 24.3 Å². The van der Waals surface area contributed by atoms with Crippen LogP contribution in [0.2, 0.25) is 0 Å². The molecule has 1 fully saturated rings. The van der Waals surface area contributed by atoms with Gasteiger partial charge in [-0.05, 0) is 56.1 Å². The predicted molar refractivity (Wildman–Crippen MR) is 79.4 cm³/mol. The van der Waals surface area contributed by atoms with Crippen LogP contribution < -0.4 is 10.5 Å². The van der Waals surface area contributed by atoms with Crippen LogP contribution in [-0.2, 0) is 0 Å². The molecule has 0 aromatic heterocycles. The van der Waals surface area contributed by atoms with Crippen LogP contribution in [-0.4, -0.2) is 31.6 Å². The second-order valence-corrected chi connectivity index (χ2v) is 5.34. The first kappa shape index (κ1) is 14.4. The molecule has 1 aliphatic rings. The van der Waals surface area contributed by atoms with Gasteiger partial charge in [0.15, 0.2) is 0 Å². The fourth-order valence-corrected chi connectivity index (χ4v) is 3.23. The Morgan fingerprint density at radius 2 is 2.21 bits per heavy atom. The van der Waals surface area contributed by atoms with Crippen LogP contribution in [0.5, 0.6) is 5.75 Å². The molecule has 2 atom stereocenters. The van der Waals surface area contributed by atoms with Crippen LogP contribution in [0.1, 0.15) is 37.8 Å². The van der Waals surface area contributed by atoms with E-state index in [1.807, 2.05) is 6.07 Å². The molecule has 0 spiro atoms. The molecule has 1 aromatic carbocycles. The Morgan fingerprint density at radius 1 is 1.37 bits per heavy atom. The first-order valence-electron chi connectivity index (χ1n) is 7.38. The van der Waals surface area contributed by atoms with E-state index in [1.54, 1.807) is 7.11 Å². The minimum Gasteiger partial charge on any atom is -0.497 e. The number of hydrogen-bond acceptors (Lipinski definition) is 3. The predicted octanol–water partition coefficient (Wildman–Crippen LogP) is 2.82. The normalized spacial score (nSPS) is 25.0. The molecule has 1 saturated heterocycles. The maximum Gasteiger partial charge on any atom is 0.119 e. The Hall–Kier alpha value is -1.06. The Balaban J connectivity index is 2.33. The Kier molecular flexibility index (Phi) is 5.23. The molecule has 106 valence electrons. The van der Waals surface area contributed by atoms with Crippen molar-refractivity contribution in [1.29, 1.82) is 0 Å². The molecule has 19 heavy (non-hydrogen) atoms. The van der Waals surface area contributed by atoms with Crippen molar-refractivity contribution in [2.24, 2.45) is 11.7 Å². The summed E-state index contributed by atoms with van der Waals surface area (Å²) >= 11 is 0. The molecule has 1 aromatic rings. The van der Waals surface area contributed by atoms with Gasteiger partial charge in [-0.1, -0.05) is 25.5 Å². The molecule has 2 unspecified atom stereocenters. The maximum absolute atomic E-state index is 6.03. The summed E-state index contributed by atoms with van der Waals surface area (Å²) in [7, 11) is 1.73. The summed E-state index contributed by atoms with van der Waals surface area (Å²) in [5.74, 6) is 1.49. The number of nitrogens with two attached hydrogens (primary N) is 1. The van der Waals surface area contributed by atoms with Crippen molar-refractivity contribution in [1.82, 2.24) is 4.90 Å². The lowest BCUT2D eigenvalue weighted by Crippen LogP contribution is -2.35. The monoisotopic (exact) mass is 262 g/mol. The van der Waals surface area contributed by atoms with Crippen molar-refractivity contribution < 1.29 is 4.74 Å². The molecule has 2 N–H and O–H groups in total. The van der Waals surface area contributed by atoms with Crippen molar-refractivity contribution in [2.45, 2.75) is 32.2 Å². The number of hydrogen-bond donors (Lipinski definition) is 1. The van der Waals surface area contributed by atoms with E-state index in [9.17, 15) is 0 Å². The first-order chi connectivity index (χ1) is 9.30. The van der Waals surface area contributed by atoms with Gasteiger partial charge in [0.1, 0.15) is 5.75 Å². The minimum atomic E-state index is 0.438. The molecule has 0 amide bonds. The standard InChI is InChI=1S/C16H26N2O/c1-3-18-10-5-4-7-14(12-17)16(18)13-8-6-9-15(11-13)19-2/h6,8-9,11,14,16H,3-5,7,10,12,17H2,1-2H3. The van der Waals surface area contributed by atoms with Gasteiger partial charge in [0.25, 0.3) is 0 Å². The molecule has 3 heteroatoms. The van der Waals surface area contributed by atoms with E-state index in [4.69, 9.17) is 10.5 Å². The summed E-state index contributed by atoms with van der Waals surface area (Å²) in [5.41, 5.74) is 7.38. The van der Waals surface area contributed by atoms with Crippen molar-refractivity contribution in [3.63, 3.8) is 0 Å². The van der Waals surface area contributed by atoms with Gasteiger partial charge < -0.3 is 10.5 Å². The van der Waals surface area contributed by atoms with E-state index >= 15 is 0 Å². The summed E-state index contributed by atoms with van der Waals surface area (Å²) < 4.78 is 5.36. The molecule has 1 heterocycles. The SMILES string of the molecule is CCN1CCCCC(CN)C1c1cccc(OC)c1. The minimum absolute atomic E-state index is 0.438. The molecule has 1 aliphatic heterocycles. The van der Waals surface area contributed by atoms with Crippen LogP contribution in [0.3, 0.4) is 0 Å². The number of methoxy groups -OCH3 is 1. The van der Waals surface area contributed by atoms with Crippen molar-refractivity contribution >= 4 is 0 Å². The van der Waals surface area contributed by atoms with Gasteiger partial charge in [-0.3, -0.25) is 4.90 Å². The highest BCUT2D eigenvalue weighted by atomic mass is 16.5. The lowest BCUT2D eigenvalue weighted by Gasteiger charge is -2.34. The highest BCUT2D eigenvalue weighted by Gasteiger charge is 2.29. The van der Waals surface area contributed by atoms with E-state index in [-0.39, 0.29) is 0 Å². The lowest BCUT2D eigenvalue weighted by atomic mass is 9.89. The van der Waals surface area contributed by atoms with Crippen LogP contribution in [0, 0.1) is 5.92 Å². The maximum atomic E-state index is 6.03. The number of benzene rings is 1. The van der Waals surface area contributed by atoms with Crippen LogP contribution in [0.4, 0.5) is 0 Å². The summed E-state index contributed by atoms with van der Waals surface area (Å²) in [6, 6.07) is 8.91. The summed E-state index contributed by atoms with van der Waals surface area (Å²) in [4.78, 5) is 2.57. The van der Waals surface area contributed by atoms with Gasteiger partial charge in [0.05, 0.1) is 7.11 Å². The summed E-state index contributed by atoms with van der Waals surface area (Å²) in [6.07, 6.45) is 3.80. The zero-order chi connectivity index (χ0) is 13.7. The molecule has 3 nitrogen and oxygen atoms in total. The van der Waals surface area contributed by atoms with Gasteiger partial charge in [-0.15, -0.1) is 0 Å². The number of ether oxygens (including phenoxy) is 1. The van der Waals surface area contributed by atoms with Gasteiger partial charge in [-0.25, -0.2) is 0 Å². The largest absolute Gasteiger partial charge is 0.497 e. The van der Waals surface area contributed by atoms with E-state index < -0.39 is 0 Å². The molecular weight excluding hydrogens is 236 g/mol. The molecule has 0 aliphatic carbocycles. The van der Waals surface area contributed by atoms with E-state index in [0.717, 1.165) is 18.8 Å².